The van der Waals surface area contributed by atoms with Crippen LogP contribution in [0.15, 0.2) is 53.4 Å². The zero-order valence-electron chi connectivity index (χ0n) is 15.7. The fourth-order valence-corrected chi connectivity index (χ4v) is 6.73. The first-order valence-electron chi connectivity index (χ1n) is 9.52. The minimum Gasteiger partial charge on any atom is -0.347 e. The molecule has 1 aromatic heterocycles. The topological polar surface area (TPSA) is 66.5 Å². The molecular formula is C21H21ClN2O3S2. The number of carbonyl (C=O) groups excluding carboxylic acids is 1. The number of amides is 1. The highest BCUT2D eigenvalue weighted by Crippen LogP contribution is 2.35. The third-order valence-electron chi connectivity index (χ3n) is 5.09. The van der Waals surface area contributed by atoms with Gasteiger partial charge < -0.3 is 5.32 Å². The van der Waals surface area contributed by atoms with Crippen LogP contribution < -0.4 is 5.32 Å². The predicted molar refractivity (Wildman–Crippen MR) is 117 cm³/mol. The molecule has 0 saturated carbocycles. The van der Waals surface area contributed by atoms with Crippen LogP contribution in [0.4, 0.5) is 0 Å². The second-order valence-electron chi connectivity index (χ2n) is 7.00. The summed E-state index contributed by atoms with van der Waals surface area (Å²) in [6.07, 6.45) is 2.81. The Bertz CT molecular complexity index is 1150. The van der Waals surface area contributed by atoms with Crippen LogP contribution in [-0.2, 0) is 16.6 Å². The second-order valence-corrected chi connectivity index (χ2v) is 10.3. The Morgan fingerprint density at radius 2 is 1.72 bits per heavy atom. The molecule has 0 bridgehead atoms. The molecular weight excluding hydrogens is 428 g/mol. The van der Waals surface area contributed by atoms with Crippen molar-refractivity contribution in [3.05, 3.63) is 64.0 Å². The molecule has 8 heteroatoms. The van der Waals surface area contributed by atoms with E-state index in [2.05, 4.69) is 5.32 Å². The maximum absolute atomic E-state index is 13.1. The van der Waals surface area contributed by atoms with Crippen molar-refractivity contribution < 1.29 is 13.2 Å². The lowest BCUT2D eigenvalue weighted by Crippen LogP contribution is -2.36. The monoisotopic (exact) mass is 448 g/mol. The summed E-state index contributed by atoms with van der Waals surface area (Å²) in [7, 11) is -3.58. The maximum Gasteiger partial charge on any atom is 0.263 e. The quantitative estimate of drug-likeness (QED) is 0.617. The number of piperidine rings is 1. The highest BCUT2D eigenvalue weighted by molar-refractivity contribution is 7.89. The van der Waals surface area contributed by atoms with Gasteiger partial charge >= 0.3 is 0 Å². The molecule has 4 rings (SSSR count). The van der Waals surface area contributed by atoms with E-state index in [1.165, 1.54) is 11.3 Å². The van der Waals surface area contributed by atoms with Crippen molar-refractivity contribution in [2.45, 2.75) is 30.7 Å². The number of fused-ring (bicyclic) bond motifs is 1. The van der Waals surface area contributed by atoms with Crippen LogP contribution in [0.5, 0.6) is 0 Å². The summed E-state index contributed by atoms with van der Waals surface area (Å²) in [5, 5.41) is 4.11. The zero-order valence-corrected chi connectivity index (χ0v) is 18.1. The largest absolute Gasteiger partial charge is 0.347 e. The van der Waals surface area contributed by atoms with E-state index in [1.54, 1.807) is 28.6 Å². The van der Waals surface area contributed by atoms with E-state index in [0.717, 1.165) is 29.3 Å². The standard InChI is InChI=1S/C21H21ClN2O3S2/c22-19-16-9-3-4-10-17(16)28-20(19)21(25)23-14-15-8-2-5-11-18(15)29(26,27)24-12-6-1-7-13-24/h2-5,8-11H,1,6-7,12-14H2,(H,23,25). The Balaban J connectivity index is 1.56. The van der Waals surface area contributed by atoms with Gasteiger partial charge in [-0.2, -0.15) is 4.31 Å². The van der Waals surface area contributed by atoms with Crippen molar-refractivity contribution in [1.82, 2.24) is 9.62 Å². The number of thiophene rings is 1. The average molecular weight is 449 g/mol. The highest BCUT2D eigenvalue weighted by Gasteiger charge is 2.28. The van der Waals surface area contributed by atoms with Gasteiger partial charge in [-0.3, -0.25) is 4.79 Å². The Kier molecular flexibility index (Phi) is 5.92. The van der Waals surface area contributed by atoms with Crippen molar-refractivity contribution >= 4 is 49.0 Å². The summed E-state index contributed by atoms with van der Waals surface area (Å²) in [4.78, 5) is 13.4. The molecule has 1 amide bonds. The summed E-state index contributed by atoms with van der Waals surface area (Å²) in [5.41, 5.74) is 0.573. The number of nitrogens with zero attached hydrogens (tertiary/aromatic N) is 1. The van der Waals surface area contributed by atoms with Gasteiger partial charge in [-0.1, -0.05) is 54.4 Å². The van der Waals surface area contributed by atoms with Crippen LogP contribution in [0.2, 0.25) is 5.02 Å². The summed E-state index contributed by atoms with van der Waals surface area (Å²) in [5.74, 6) is -0.304. The summed E-state index contributed by atoms with van der Waals surface area (Å²) in [6, 6.07) is 14.4. The van der Waals surface area contributed by atoms with E-state index in [0.29, 0.717) is 28.6 Å². The van der Waals surface area contributed by atoms with Crippen molar-refractivity contribution in [3.8, 4) is 0 Å². The molecule has 0 spiro atoms. The van der Waals surface area contributed by atoms with Gasteiger partial charge in [-0.05, 0) is 30.5 Å². The number of nitrogens with one attached hydrogen (secondary N) is 1. The molecule has 1 aliphatic heterocycles. The van der Waals surface area contributed by atoms with Crippen molar-refractivity contribution in [2.24, 2.45) is 0 Å². The van der Waals surface area contributed by atoms with Crippen molar-refractivity contribution in [1.29, 1.82) is 0 Å². The Hall–Kier alpha value is -1.93. The molecule has 0 unspecified atom stereocenters. The minimum absolute atomic E-state index is 0.118. The van der Waals surface area contributed by atoms with E-state index < -0.39 is 10.0 Å². The number of halogens is 1. The van der Waals surface area contributed by atoms with Crippen LogP contribution in [-0.4, -0.2) is 31.7 Å². The van der Waals surface area contributed by atoms with Crippen molar-refractivity contribution in [2.75, 3.05) is 13.1 Å². The molecule has 1 N–H and O–H groups in total. The third kappa shape index (κ3) is 4.05. The molecule has 1 fully saturated rings. The fraction of sp³-hybridized carbons (Fsp3) is 0.286. The Labute approximate surface area is 179 Å². The molecule has 5 nitrogen and oxygen atoms in total. The van der Waals surface area contributed by atoms with Crippen LogP contribution in [0.3, 0.4) is 0 Å². The van der Waals surface area contributed by atoms with Gasteiger partial charge in [0.25, 0.3) is 5.91 Å². The molecule has 0 atom stereocenters. The summed E-state index contributed by atoms with van der Waals surface area (Å²) >= 11 is 7.72. The van der Waals surface area contributed by atoms with Crippen LogP contribution >= 0.6 is 22.9 Å². The van der Waals surface area contributed by atoms with Gasteiger partial charge in [0.05, 0.1) is 9.92 Å². The van der Waals surface area contributed by atoms with E-state index in [1.807, 2.05) is 24.3 Å². The smallest absolute Gasteiger partial charge is 0.263 e. The third-order valence-corrected chi connectivity index (χ3v) is 8.76. The minimum atomic E-state index is -3.58. The van der Waals surface area contributed by atoms with Gasteiger partial charge in [0.15, 0.2) is 0 Å². The van der Waals surface area contributed by atoms with Gasteiger partial charge in [-0.15, -0.1) is 11.3 Å². The lowest BCUT2D eigenvalue weighted by molar-refractivity contribution is 0.0955. The molecule has 2 heterocycles. The van der Waals surface area contributed by atoms with Crippen LogP contribution in [0.25, 0.3) is 10.1 Å². The van der Waals surface area contributed by atoms with Gasteiger partial charge in [-0.25, -0.2) is 8.42 Å². The lowest BCUT2D eigenvalue weighted by atomic mass is 10.2. The molecule has 3 aromatic rings. The van der Waals surface area contributed by atoms with E-state index in [-0.39, 0.29) is 17.3 Å². The molecule has 0 radical (unpaired) electrons. The maximum atomic E-state index is 13.1. The number of hydrogen-bond acceptors (Lipinski definition) is 4. The second kappa shape index (κ2) is 8.44. The molecule has 0 aliphatic carbocycles. The molecule has 1 saturated heterocycles. The van der Waals surface area contributed by atoms with Gasteiger partial charge in [0.2, 0.25) is 10.0 Å². The van der Waals surface area contributed by atoms with Crippen LogP contribution in [0.1, 0.15) is 34.5 Å². The summed E-state index contributed by atoms with van der Waals surface area (Å²) < 4.78 is 28.7. The first-order valence-corrected chi connectivity index (χ1v) is 12.2. The van der Waals surface area contributed by atoms with Gasteiger partial charge in [0.1, 0.15) is 4.88 Å². The first kappa shape index (κ1) is 20.3. The Morgan fingerprint density at radius 3 is 2.48 bits per heavy atom. The number of rotatable bonds is 5. The lowest BCUT2D eigenvalue weighted by Gasteiger charge is -2.26. The number of hydrogen-bond donors (Lipinski definition) is 1. The molecule has 29 heavy (non-hydrogen) atoms. The molecule has 1 aliphatic rings. The highest BCUT2D eigenvalue weighted by atomic mass is 35.5. The normalized spacial score (nSPS) is 15.5. The SMILES string of the molecule is O=C(NCc1ccccc1S(=O)(=O)N1CCCCC1)c1sc2ccccc2c1Cl. The Morgan fingerprint density at radius 1 is 1.03 bits per heavy atom. The van der Waals surface area contributed by atoms with Gasteiger partial charge in [0, 0.05) is 29.7 Å². The summed E-state index contributed by atoms with van der Waals surface area (Å²) in [6.45, 7) is 1.20. The number of carbonyl (C=O) groups is 1. The van der Waals surface area contributed by atoms with E-state index in [4.69, 9.17) is 11.6 Å². The number of benzene rings is 2. The predicted octanol–water partition coefficient (Wildman–Crippen LogP) is 4.66. The van der Waals surface area contributed by atoms with E-state index >= 15 is 0 Å². The number of sulfonamides is 1. The van der Waals surface area contributed by atoms with E-state index in [9.17, 15) is 13.2 Å². The molecule has 2 aromatic carbocycles. The fourth-order valence-electron chi connectivity index (χ4n) is 3.56. The average Bonchev–Trinajstić information content (AvgIpc) is 3.10. The van der Waals surface area contributed by atoms with Crippen LogP contribution in [0, 0.1) is 0 Å². The molecule has 152 valence electrons. The van der Waals surface area contributed by atoms with Crippen molar-refractivity contribution in [3.63, 3.8) is 0 Å². The zero-order chi connectivity index (χ0) is 20.4. The first-order chi connectivity index (χ1) is 14.0.